The van der Waals surface area contributed by atoms with E-state index in [9.17, 15) is 4.79 Å². The second-order valence-electron chi connectivity index (χ2n) is 7.10. The van der Waals surface area contributed by atoms with Crippen molar-refractivity contribution in [2.45, 2.75) is 33.4 Å². The Labute approximate surface area is 166 Å². The lowest BCUT2D eigenvalue weighted by Crippen LogP contribution is -2.22. The van der Waals surface area contributed by atoms with Crippen molar-refractivity contribution < 1.29 is 4.79 Å². The summed E-state index contributed by atoms with van der Waals surface area (Å²) in [4.78, 5) is 23.4. The Bertz CT molecular complexity index is 956. The Kier molecular flexibility index (Phi) is 6.16. The molecule has 0 radical (unpaired) electrons. The predicted molar refractivity (Wildman–Crippen MR) is 112 cm³/mol. The zero-order valence-electron chi connectivity index (χ0n) is 16.8. The van der Waals surface area contributed by atoms with Gasteiger partial charge < -0.3 is 5.32 Å². The SMILES string of the molecule is Cc1nccc(NC(=O)c2cccc(CN(C)[C@@H](C)c3cccnc3)c2)c1C. The number of nitrogens with zero attached hydrogens (tertiary/aromatic N) is 3. The summed E-state index contributed by atoms with van der Waals surface area (Å²) in [6.07, 6.45) is 5.39. The van der Waals surface area contributed by atoms with Crippen molar-refractivity contribution in [1.29, 1.82) is 0 Å². The molecule has 0 aliphatic rings. The van der Waals surface area contributed by atoms with Gasteiger partial charge in [-0.05, 0) is 68.8 Å². The average Bonchev–Trinajstić information content (AvgIpc) is 2.71. The highest BCUT2D eigenvalue weighted by Crippen LogP contribution is 2.21. The third-order valence-electron chi connectivity index (χ3n) is 5.15. The maximum absolute atomic E-state index is 12.7. The Morgan fingerprint density at radius 3 is 2.71 bits per heavy atom. The number of carbonyl (C=O) groups excluding carboxylic acids is 1. The fourth-order valence-corrected chi connectivity index (χ4v) is 3.08. The molecule has 5 nitrogen and oxygen atoms in total. The molecule has 2 heterocycles. The molecule has 0 saturated heterocycles. The zero-order valence-corrected chi connectivity index (χ0v) is 16.8. The van der Waals surface area contributed by atoms with Crippen LogP contribution < -0.4 is 5.32 Å². The minimum atomic E-state index is -0.112. The van der Waals surface area contributed by atoms with Crippen LogP contribution in [0, 0.1) is 13.8 Å². The molecule has 1 amide bonds. The van der Waals surface area contributed by atoms with Crippen molar-refractivity contribution in [3.63, 3.8) is 0 Å². The average molecular weight is 374 g/mol. The predicted octanol–water partition coefficient (Wildman–Crippen LogP) is 4.54. The van der Waals surface area contributed by atoms with E-state index in [1.165, 1.54) is 5.56 Å². The lowest BCUT2D eigenvalue weighted by molar-refractivity contribution is 0.102. The summed E-state index contributed by atoms with van der Waals surface area (Å²) in [5, 5.41) is 3.00. The Hall–Kier alpha value is -3.05. The van der Waals surface area contributed by atoms with Crippen LogP contribution in [0.1, 0.15) is 45.7 Å². The van der Waals surface area contributed by atoms with Crippen LogP contribution in [0.5, 0.6) is 0 Å². The zero-order chi connectivity index (χ0) is 20.1. The topological polar surface area (TPSA) is 58.1 Å². The number of aromatic nitrogens is 2. The summed E-state index contributed by atoms with van der Waals surface area (Å²) >= 11 is 0. The molecule has 0 unspecified atom stereocenters. The molecule has 1 N–H and O–H groups in total. The number of amides is 1. The van der Waals surface area contributed by atoms with E-state index >= 15 is 0 Å². The largest absolute Gasteiger partial charge is 0.322 e. The van der Waals surface area contributed by atoms with Crippen molar-refractivity contribution in [3.05, 3.63) is 89.0 Å². The number of anilines is 1. The summed E-state index contributed by atoms with van der Waals surface area (Å²) in [5.41, 5.74) is 5.60. The maximum Gasteiger partial charge on any atom is 0.255 e. The van der Waals surface area contributed by atoms with Crippen LogP contribution in [0.15, 0.2) is 61.1 Å². The van der Waals surface area contributed by atoms with Crippen molar-refractivity contribution in [2.75, 3.05) is 12.4 Å². The van der Waals surface area contributed by atoms with Crippen LogP contribution in [0.25, 0.3) is 0 Å². The summed E-state index contributed by atoms with van der Waals surface area (Å²) in [6, 6.07) is 13.9. The molecule has 0 aliphatic heterocycles. The molecule has 2 aromatic heterocycles. The Balaban J connectivity index is 1.71. The summed E-state index contributed by atoms with van der Waals surface area (Å²) in [5.74, 6) is -0.112. The number of rotatable bonds is 6. The van der Waals surface area contributed by atoms with Gasteiger partial charge in [-0.3, -0.25) is 19.7 Å². The van der Waals surface area contributed by atoms with Crippen molar-refractivity contribution in [3.8, 4) is 0 Å². The maximum atomic E-state index is 12.7. The fourth-order valence-electron chi connectivity index (χ4n) is 3.08. The number of hydrogen-bond acceptors (Lipinski definition) is 4. The van der Waals surface area contributed by atoms with Gasteiger partial charge in [-0.1, -0.05) is 18.2 Å². The van der Waals surface area contributed by atoms with E-state index in [0.29, 0.717) is 5.56 Å². The van der Waals surface area contributed by atoms with E-state index in [1.807, 2.05) is 56.4 Å². The molecular weight excluding hydrogens is 348 g/mol. The third-order valence-corrected chi connectivity index (χ3v) is 5.15. The first-order chi connectivity index (χ1) is 13.5. The first-order valence-electron chi connectivity index (χ1n) is 9.38. The number of hydrogen-bond donors (Lipinski definition) is 1. The fraction of sp³-hybridized carbons (Fsp3) is 0.261. The third kappa shape index (κ3) is 4.61. The van der Waals surface area contributed by atoms with Gasteiger partial charge in [-0.2, -0.15) is 0 Å². The van der Waals surface area contributed by atoms with E-state index in [4.69, 9.17) is 0 Å². The van der Waals surface area contributed by atoms with Gasteiger partial charge in [0, 0.05) is 48.1 Å². The molecule has 3 rings (SSSR count). The van der Waals surface area contributed by atoms with Crippen LogP contribution in [0.4, 0.5) is 5.69 Å². The van der Waals surface area contributed by atoms with Crippen molar-refractivity contribution >= 4 is 11.6 Å². The van der Waals surface area contributed by atoms with Crippen LogP contribution in [-0.4, -0.2) is 27.8 Å². The smallest absolute Gasteiger partial charge is 0.255 e. The standard InChI is InChI=1S/C23H26N4O/c1-16-17(2)25-12-10-22(16)26-23(28)20-8-5-7-19(13-20)15-27(4)18(3)21-9-6-11-24-14-21/h5-14,18H,15H2,1-4H3,(H,25,26,28)/t18-/m0/s1. The minimum Gasteiger partial charge on any atom is -0.322 e. The van der Waals surface area contributed by atoms with E-state index in [1.54, 1.807) is 12.4 Å². The highest BCUT2D eigenvalue weighted by Gasteiger charge is 2.14. The monoisotopic (exact) mass is 374 g/mol. The van der Waals surface area contributed by atoms with Crippen LogP contribution in [-0.2, 0) is 6.54 Å². The summed E-state index contributed by atoms with van der Waals surface area (Å²) in [7, 11) is 2.08. The number of pyridine rings is 2. The second-order valence-corrected chi connectivity index (χ2v) is 7.10. The number of nitrogens with one attached hydrogen (secondary N) is 1. The van der Waals surface area contributed by atoms with Crippen LogP contribution >= 0.6 is 0 Å². The molecule has 28 heavy (non-hydrogen) atoms. The number of benzene rings is 1. The number of carbonyl (C=O) groups is 1. The first-order valence-corrected chi connectivity index (χ1v) is 9.38. The van der Waals surface area contributed by atoms with E-state index in [2.05, 4.69) is 40.2 Å². The molecule has 0 fully saturated rings. The molecule has 1 atom stereocenters. The quantitative estimate of drug-likeness (QED) is 0.688. The normalized spacial score (nSPS) is 12.0. The Morgan fingerprint density at radius 1 is 1.14 bits per heavy atom. The van der Waals surface area contributed by atoms with Crippen molar-refractivity contribution in [2.24, 2.45) is 0 Å². The molecule has 5 heteroatoms. The summed E-state index contributed by atoms with van der Waals surface area (Å²) < 4.78 is 0. The second kappa shape index (κ2) is 8.76. The van der Waals surface area contributed by atoms with Gasteiger partial charge >= 0.3 is 0 Å². The van der Waals surface area contributed by atoms with Gasteiger partial charge in [0.25, 0.3) is 5.91 Å². The Morgan fingerprint density at radius 2 is 1.96 bits per heavy atom. The number of aryl methyl sites for hydroxylation is 1. The van der Waals surface area contributed by atoms with Gasteiger partial charge in [0.05, 0.1) is 0 Å². The molecule has 3 aromatic rings. The van der Waals surface area contributed by atoms with Gasteiger partial charge in [-0.15, -0.1) is 0 Å². The summed E-state index contributed by atoms with van der Waals surface area (Å²) in [6.45, 7) is 6.79. The van der Waals surface area contributed by atoms with Crippen LogP contribution in [0.3, 0.4) is 0 Å². The van der Waals surface area contributed by atoms with Gasteiger partial charge in [-0.25, -0.2) is 0 Å². The molecule has 0 saturated carbocycles. The molecule has 1 aromatic carbocycles. The molecule has 0 bridgehead atoms. The van der Waals surface area contributed by atoms with E-state index in [0.717, 1.165) is 29.1 Å². The lowest BCUT2D eigenvalue weighted by Gasteiger charge is -2.25. The molecule has 0 spiro atoms. The van der Waals surface area contributed by atoms with Gasteiger partial charge in [0.15, 0.2) is 0 Å². The van der Waals surface area contributed by atoms with Gasteiger partial charge in [0.1, 0.15) is 0 Å². The lowest BCUT2D eigenvalue weighted by atomic mass is 10.1. The first kappa shape index (κ1) is 19.7. The highest BCUT2D eigenvalue weighted by molar-refractivity contribution is 6.04. The van der Waals surface area contributed by atoms with E-state index in [-0.39, 0.29) is 11.9 Å². The minimum absolute atomic E-state index is 0.112. The van der Waals surface area contributed by atoms with Crippen LogP contribution in [0.2, 0.25) is 0 Å². The highest BCUT2D eigenvalue weighted by atomic mass is 16.1. The molecule has 144 valence electrons. The van der Waals surface area contributed by atoms with E-state index < -0.39 is 0 Å². The van der Waals surface area contributed by atoms with Gasteiger partial charge in [0.2, 0.25) is 0 Å². The van der Waals surface area contributed by atoms with Crippen molar-refractivity contribution in [1.82, 2.24) is 14.9 Å². The molecule has 0 aliphatic carbocycles. The molecular formula is C23H26N4O.